The number of carbonyl (C=O) groups excluding carboxylic acids is 1. The predicted octanol–water partition coefficient (Wildman–Crippen LogP) is 3.89. The van der Waals surface area contributed by atoms with Crippen molar-refractivity contribution in [3.05, 3.63) is 64.2 Å². The molecule has 110 valence electrons. The summed E-state index contributed by atoms with van der Waals surface area (Å²) < 4.78 is 0. The summed E-state index contributed by atoms with van der Waals surface area (Å²) in [5, 5.41) is 0.674. The number of hydrogen-bond donors (Lipinski definition) is 1. The van der Waals surface area contributed by atoms with Gasteiger partial charge in [0.05, 0.1) is 0 Å². The average molecular weight is 303 g/mol. The molecule has 0 aromatic heterocycles. The molecule has 2 aromatic rings. The largest absolute Gasteiger partial charge is 0.399 e. The first-order valence-electron chi connectivity index (χ1n) is 6.91. The molecule has 2 rings (SSSR count). The number of anilines is 1. The van der Waals surface area contributed by atoms with Gasteiger partial charge in [0.2, 0.25) is 0 Å². The van der Waals surface area contributed by atoms with Crippen molar-refractivity contribution in [1.82, 2.24) is 4.90 Å². The van der Waals surface area contributed by atoms with E-state index in [2.05, 4.69) is 0 Å². The quantitative estimate of drug-likeness (QED) is 0.871. The van der Waals surface area contributed by atoms with E-state index in [1.165, 1.54) is 0 Å². The molecule has 0 aliphatic heterocycles. The van der Waals surface area contributed by atoms with Crippen LogP contribution in [0.1, 0.15) is 28.4 Å². The highest BCUT2D eigenvalue weighted by molar-refractivity contribution is 6.31. The van der Waals surface area contributed by atoms with Crippen LogP contribution in [0.2, 0.25) is 5.02 Å². The van der Waals surface area contributed by atoms with Gasteiger partial charge in [-0.2, -0.15) is 0 Å². The van der Waals surface area contributed by atoms with E-state index in [0.717, 1.165) is 16.8 Å². The van der Waals surface area contributed by atoms with Gasteiger partial charge in [0, 0.05) is 29.4 Å². The van der Waals surface area contributed by atoms with E-state index in [1.54, 1.807) is 17.0 Å². The number of hydrogen-bond acceptors (Lipinski definition) is 2. The second kappa shape index (κ2) is 6.64. The third-order valence-corrected chi connectivity index (χ3v) is 3.85. The Labute approximate surface area is 130 Å². The first kappa shape index (κ1) is 15.4. The molecule has 0 atom stereocenters. The van der Waals surface area contributed by atoms with Gasteiger partial charge in [-0.1, -0.05) is 23.7 Å². The normalized spacial score (nSPS) is 10.4. The van der Waals surface area contributed by atoms with Gasteiger partial charge in [-0.05, 0) is 55.3 Å². The van der Waals surface area contributed by atoms with E-state index >= 15 is 0 Å². The van der Waals surface area contributed by atoms with Crippen LogP contribution >= 0.6 is 11.6 Å². The molecule has 0 saturated carbocycles. The maximum atomic E-state index is 12.6. The van der Waals surface area contributed by atoms with Crippen LogP contribution in [0.3, 0.4) is 0 Å². The number of aryl methyl sites for hydroxylation is 1. The Hall–Kier alpha value is -2.00. The van der Waals surface area contributed by atoms with Crippen LogP contribution in [-0.4, -0.2) is 17.4 Å². The van der Waals surface area contributed by atoms with Crippen molar-refractivity contribution in [1.29, 1.82) is 0 Å². The third-order valence-electron chi connectivity index (χ3n) is 3.43. The fraction of sp³-hybridized carbons (Fsp3) is 0.235. The second-order valence-corrected chi connectivity index (χ2v) is 5.43. The standard InChI is InChI=1S/C17H19ClN2O/c1-3-20(11-13-4-7-15(19)8-5-13)17(21)14-6-9-16(18)12(2)10-14/h4-10H,3,11,19H2,1-2H3. The first-order valence-corrected chi connectivity index (χ1v) is 7.29. The molecule has 2 aromatic carbocycles. The Bertz CT molecular complexity index is 638. The zero-order chi connectivity index (χ0) is 15.4. The Balaban J connectivity index is 2.18. The van der Waals surface area contributed by atoms with Gasteiger partial charge in [0.1, 0.15) is 0 Å². The number of halogens is 1. The predicted molar refractivity (Wildman–Crippen MR) is 87.5 cm³/mol. The van der Waals surface area contributed by atoms with Crippen molar-refractivity contribution in [2.45, 2.75) is 20.4 Å². The maximum absolute atomic E-state index is 12.6. The molecule has 0 spiro atoms. The van der Waals surface area contributed by atoms with Gasteiger partial charge in [0.25, 0.3) is 5.91 Å². The highest BCUT2D eigenvalue weighted by atomic mass is 35.5. The Kier molecular flexibility index (Phi) is 4.86. The molecule has 0 unspecified atom stereocenters. The van der Waals surface area contributed by atoms with Gasteiger partial charge >= 0.3 is 0 Å². The van der Waals surface area contributed by atoms with Crippen molar-refractivity contribution in [3.8, 4) is 0 Å². The van der Waals surface area contributed by atoms with E-state index in [4.69, 9.17) is 17.3 Å². The van der Waals surface area contributed by atoms with Crippen LogP contribution in [0.5, 0.6) is 0 Å². The molecular formula is C17H19ClN2O. The minimum atomic E-state index is 0.00842. The summed E-state index contributed by atoms with van der Waals surface area (Å²) in [5.74, 6) is 0.00842. The highest BCUT2D eigenvalue weighted by Crippen LogP contribution is 2.18. The molecule has 2 N–H and O–H groups in total. The van der Waals surface area contributed by atoms with Gasteiger partial charge in [-0.15, -0.1) is 0 Å². The van der Waals surface area contributed by atoms with E-state index < -0.39 is 0 Å². The maximum Gasteiger partial charge on any atom is 0.254 e. The van der Waals surface area contributed by atoms with Crippen LogP contribution in [0.25, 0.3) is 0 Å². The van der Waals surface area contributed by atoms with E-state index in [0.29, 0.717) is 23.7 Å². The van der Waals surface area contributed by atoms with Crippen LogP contribution in [0.15, 0.2) is 42.5 Å². The summed E-state index contributed by atoms with van der Waals surface area (Å²) in [6.45, 7) is 5.08. The average Bonchev–Trinajstić information content (AvgIpc) is 2.49. The van der Waals surface area contributed by atoms with Gasteiger partial charge in [-0.25, -0.2) is 0 Å². The second-order valence-electron chi connectivity index (χ2n) is 5.02. The number of amides is 1. The lowest BCUT2D eigenvalue weighted by Crippen LogP contribution is -2.30. The molecule has 0 aliphatic rings. The van der Waals surface area contributed by atoms with Crippen LogP contribution in [0, 0.1) is 6.92 Å². The minimum Gasteiger partial charge on any atom is -0.399 e. The molecule has 0 heterocycles. The Morgan fingerprint density at radius 1 is 1.19 bits per heavy atom. The minimum absolute atomic E-state index is 0.00842. The lowest BCUT2D eigenvalue weighted by atomic mass is 10.1. The van der Waals surface area contributed by atoms with Gasteiger partial charge < -0.3 is 10.6 Å². The van der Waals surface area contributed by atoms with Crippen molar-refractivity contribution < 1.29 is 4.79 Å². The van der Waals surface area contributed by atoms with E-state index in [9.17, 15) is 4.79 Å². The summed E-state index contributed by atoms with van der Waals surface area (Å²) in [5.41, 5.74) is 9.03. The topological polar surface area (TPSA) is 46.3 Å². The van der Waals surface area contributed by atoms with Crippen LogP contribution in [-0.2, 0) is 6.54 Å². The SMILES string of the molecule is CCN(Cc1ccc(N)cc1)C(=O)c1ccc(Cl)c(C)c1. The molecule has 0 aliphatic carbocycles. The summed E-state index contributed by atoms with van der Waals surface area (Å²) in [7, 11) is 0. The molecule has 1 amide bonds. The fourth-order valence-corrected chi connectivity index (χ4v) is 2.25. The molecular weight excluding hydrogens is 284 g/mol. The molecule has 3 nitrogen and oxygen atoms in total. The van der Waals surface area contributed by atoms with Crippen molar-refractivity contribution >= 4 is 23.2 Å². The molecule has 0 radical (unpaired) electrons. The zero-order valence-corrected chi connectivity index (χ0v) is 13.0. The lowest BCUT2D eigenvalue weighted by molar-refractivity contribution is 0.0752. The number of carbonyl (C=O) groups is 1. The lowest BCUT2D eigenvalue weighted by Gasteiger charge is -2.21. The van der Waals surface area contributed by atoms with Gasteiger partial charge in [-0.3, -0.25) is 4.79 Å². The van der Waals surface area contributed by atoms with E-state index in [-0.39, 0.29) is 5.91 Å². The fourth-order valence-electron chi connectivity index (χ4n) is 2.13. The number of rotatable bonds is 4. The third kappa shape index (κ3) is 3.76. The number of nitrogens with two attached hydrogens (primary N) is 1. The smallest absolute Gasteiger partial charge is 0.254 e. The first-order chi connectivity index (χ1) is 10.0. The monoisotopic (exact) mass is 302 g/mol. The van der Waals surface area contributed by atoms with Gasteiger partial charge in [0.15, 0.2) is 0 Å². The summed E-state index contributed by atoms with van der Waals surface area (Å²) in [4.78, 5) is 14.4. The molecule has 0 bridgehead atoms. The Morgan fingerprint density at radius 3 is 2.43 bits per heavy atom. The molecule has 0 fully saturated rings. The summed E-state index contributed by atoms with van der Waals surface area (Å²) in [6.07, 6.45) is 0. The zero-order valence-electron chi connectivity index (χ0n) is 12.3. The van der Waals surface area contributed by atoms with Crippen molar-refractivity contribution in [2.24, 2.45) is 0 Å². The summed E-state index contributed by atoms with van der Waals surface area (Å²) >= 11 is 6.01. The molecule has 21 heavy (non-hydrogen) atoms. The number of nitrogens with zero attached hydrogens (tertiary/aromatic N) is 1. The number of benzene rings is 2. The highest BCUT2D eigenvalue weighted by Gasteiger charge is 2.15. The summed E-state index contributed by atoms with van der Waals surface area (Å²) in [6, 6.07) is 12.9. The molecule has 0 saturated heterocycles. The van der Waals surface area contributed by atoms with Crippen molar-refractivity contribution in [3.63, 3.8) is 0 Å². The van der Waals surface area contributed by atoms with Crippen LogP contribution in [0.4, 0.5) is 5.69 Å². The van der Waals surface area contributed by atoms with Crippen molar-refractivity contribution in [2.75, 3.05) is 12.3 Å². The van der Waals surface area contributed by atoms with E-state index in [1.807, 2.05) is 44.2 Å². The Morgan fingerprint density at radius 2 is 1.86 bits per heavy atom. The molecule has 4 heteroatoms. The number of nitrogen functional groups attached to an aromatic ring is 1. The van der Waals surface area contributed by atoms with Crippen LogP contribution < -0.4 is 5.73 Å².